The average molecular weight is 464 g/mol. The zero-order chi connectivity index (χ0) is 23.5. The number of ether oxygens (including phenoxy) is 2. The molecule has 3 aromatic rings. The molecule has 0 fully saturated rings. The van der Waals surface area contributed by atoms with Crippen LogP contribution in [0.4, 0.5) is 11.4 Å². The summed E-state index contributed by atoms with van der Waals surface area (Å²) in [7, 11) is 0. The van der Waals surface area contributed by atoms with Crippen molar-refractivity contribution in [3.8, 4) is 11.5 Å². The summed E-state index contributed by atoms with van der Waals surface area (Å²) in [6, 6.07) is 22.5. The van der Waals surface area contributed by atoms with Gasteiger partial charge < -0.3 is 14.8 Å². The number of nitrogens with one attached hydrogen (secondary N) is 2. The van der Waals surface area contributed by atoms with Gasteiger partial charge in [-0.2, -0.15) is 0 Å². The minimum atomic E-state index is -0.483. The van der Waals surface area contributed by atoms with Gasteiger partial charge >= 0.3 is 0 Å². The first kappa shape index (κ1) is 23.4. The van der Waals surface area contributed by atoms with Crippen molar-refractivity contribution in [2.24, 2.45) is 0 Å². The number of amides is 1. The van der Waals surface area contributed by atoms with Crippen molar-refractivity contribution in [3.63, 3.8) is 0 Å². The summed E-state index contributed by atoms with van der Waals surface area (Å²) in [6.07, 6.45) is 2.83. The number of nitro groups is 1. The summed E-state index contributed by atoms with van der Waals surface area (Å²) in [6.45, 7) is 0.824. The molecule has 168 valence electrons. The van der Waals surface area contributed by atoms with E-state index in [1.165, 1.54) is 24.3 Å². The number of carbonyl (C=O) groups excluding carboxylic acids is 1. The summed E-state index contributed by atoms with van der Waals surface area (Å²) in [5.41, 5.74) is 1.32. The van der Waals surface area contributed by atoms with Gasteiger partial charge in [-0.1, -0.05) is 18.2 Å². The van der Waals surface area contributed by atoms with Crippen molar-refractivity contribution in [3.05, 3.63) is 101 Å². The van der Waals surface area contributed by atoms with Gasteiger partial charge in [0.2, 0.25) is 5.91 Å². The fourth-order valence-electron chi connectivity index (χ4n) is 2.67. The Morgan fingerprint density at radius 2 is 1.52 bits per heavy atom. The Morgan fingerprint density at radius 1 is 0.909 bits per heavy atom. The van der Waals surface area contributed by atoms with E-state index in [1.54, 1.807) is 36.4 Å². The van der Waals surface area contributed by atoms with Crippen molar-refractivity contribution in [1.29, 1.82) is 0 Å². The monoisotopic (exact) mass is 463 g/mol. The third-order valence-corrected chi connectivity index (χ3v) is 4.45. The summed E-state index contributed by atoms with van der Waals surface area (Å²) in [5, 5.41) is 16.3. The molecular formula is C24H21N3O5S. The molecule has 0 aliphatic heterocycles. The van der Waals surface area contributed by atoms with E-state index in [9.17, 15) is 14.9 Å². The number of rotatable bonds is 9. The third-order valence-electron chi connectivity index (χ3n) is 4.24. The zero-order valence-corrected chi connectivity index (χ0v) is 18.3. The molecule has 3 rings (SSSR count). The maximum Gasteiger partial charge on any atom is 0.269 e. The number of carbonyl (C=O) groups is 1. The number of nitrogens with zero attached hydrogens (tertiary/aromatic N) is 1. The average Bonchev–Trinajstić information content (AvgIpc) is 2.82. The smallest absolute Gasteiger partial charge is 0.269 e. The second kappa shape index (κ2) is 12.0. The molecule has 0 heterocycles. The number of thiocarbonyl (C=S) groups is 1. The van der Waals surface area contributed by atoms with Crippen LogP contribution in [0.3, 0.4) is 0 Å². The van der Waals surface area contributed by atoms with Gasteiger partial charge in [-0.15, -0.1) is 0 Å². The first-order valence-corrected chi connectivity index (χ1v) is 10.4. The molecule has 0 saturated carbocycles. The molecule has 8 nitrogen and oxygen atoms in total. The predicted octanol–water partition coefficient (Wildman–Crippen LogP) is 4.58. The van der Waals surface area contributed by atoms with Crippen LogP contribution in [-0.2, 0) is 4.79 Å². The predicted molar refractivity (Wildman–Crippen MR) is 130 cm³/mol. The summed E-state index contributed by atoms with van der Waals surface area (Å²) in [4.78, 5) is 22.2. The normalized spacial score (nSPS) is 10.4. The Kier molecular flexibility index (Phi) is 8.49. The fourth-order valence-corrected chi connectivity index (χ4v) is 2.88. The largest absolute Gasteiger partial charge is 0.490 e. The van der Waals surface area contributed by atoms with Crippen LogP contribution in [0.15, 0.2) is 84.9 Å². The maximum absolute atomic E-state index is 12.0. The van der Waals surface area contributed by atoms with Crippen molar-refractivity contribution in [2.45, 2.75) is 0 Å². The number of nitro benzene ring substituents is 1. The Morgan fingerprint density at radius 3 is 2.12 bits per heavy atom. The molecule has 1 amide bonds. The van der Waals surface area contributed by atoms with E-state index in [2.05, 4.69) is 10.6 Å². The van der Waals surface area contributed by atoms with E-state index >= 15 is 0 Å². The van der Waals surface area contributed by atoms with E-state index in [1.807, 2.05) is 30.3 Å². The highest BCUT2D eigenvalue weighted by atomic mass is 32.1. The quantitative estimate of drug-likeness (QED) is 0.157. The van der Waals surface area contributed by atoms with E-state index in [0.717, 1.165) is 5.75 Å². The van der Waals surface area contributed by atoms with Crippen LogP contribution >= 0.6 is 12.2 Å². The lowest BCUT2D eigenvalue weighted by Crippen LogP contribution is -2.32. The molecule has 3 aromatic carbocycles. The fraction of sp³-hybridized carbons (Fsp3) is 0.0833. The minimum Gasteiger partial charge on any atom is -0.490 e. The first-order chi connectivity index (χ1) is 16.0. The topological polar surface area (TPSA) is 103 Å². The van der Waals surface area contributed by atoms with E-state index in [-0.39, 0.29) is 10.8 Å². The van der Waals surface area contributed by atoms with E-state index < -0.39 is 10.8 Å². The van der Waals surface area contributed by atoms with Crippen molar-refractivity contribution in [2.75, 3.05) is 18.5 Å². The van der Waals surface area contributed by atoms with Gasteiger partial charge in [-0.3, -0.25) is 20.2 Å². The molecule has 0 atom stereocenters. The number of hydrogen-bond acceptors (Lipinski definition) is 6. The molecule has 0 saturated heterocycles. The molecule has 0 aliphatic carbocycles. The van der Waals surface area contributed by atoms with Crippen LogP contribution in [0, 0.1) is 10.1 Å². The van der Waals surface area contributed by atoms with Crippen molar-refractivity contribution >= 4 is 40.7 Å². The van der Waals surface area contributed by atoms with Crippen LogP contribution in [0.25, 0.3) is 6.08 Å². The van der Waals surface area contributed by atoms with Crippen molar-refractivity contribution < 1.29 is 19.2 Å². The van der Waals surface area contributed by atoms with Gasteiger partial charge in [0.25, 0.3) is 5.69 Å². The lowest BCUT2D eigenvalue weighted by molar-refractivity contribution is -0.384. The molecule has 0 bridgehead atoms. The third kappa shape index (κ3) is 8.08. The zero-order valence-electron chi connectivity index (χ0n) is 17.5. The number of anilines is 1. The van der Waals surface area contributed by atoms with Gasteiger partial charge in [-0.25, -0.2) is 0 Å². The summed E-state index contributed by atoms with van der Waals surface area (Å²) < 4.78 is 11.2. The van der Waals surface area contributed by atoms with Gasteiger partial charge in [-0.05, 0) is 72.4 Å². The molecule has 0 spiro atoms. The van der Waals surface area contributed by atoms with Crippen LogP contribution in [0.5, 0.6) is 11.5 Å². The lowest BCUT2D eigenvalue weighted by atomic mass is 10.2. The van der Waals surface area contributed by atoms with Gasteiger partial charge in [0.1, 0.15) is 24.7 Å². The molecule has 2 N–H and O–H groups in total. The SMILES string of the molecule is O=C(/C=C/c1ccc([N+](=O)[O-])cc1)NC(=S)Nc1ccc(OCCOc2ccccc2)cc1. The van der Waals surface area contributed by atoms with Gasteiger partial charge in [0, 0.05) is 23.9 Å². The first-order valence-electron chi connectivity index (χ1n) is 9.95. The molecule has 0 aromatic heterocycles. The van der Waals surface area contributed by atoms with Crippen molar-refractivity contribution in [1.82, 2.24) is 5.32 Å². The summed E-state index contributed by atoms with van der Waals surface area (Å²) in [5.74, 6) is 1.04. The number of non-ortho nitro benzene ring substituents is 1. The minimum absolute atomic E-state index is 0.0149. The van der Waals surface area contributed by atoms with E-state index in [0.29, 0.717) is 30.2 Å². The molecule has 0 radical (unpaired) electrons. The number of hydrogen-bond donors (Lipinski definition) is 2. The van der Waals surface area contributed by atoms with Crippen LogP contribution in [0.2, 0.25) is 0 Å². The van der Waals surface area contributed by atoms with Gasteiger partial charge in [0.15, 0.2) is 5.11 Å². The Hall–Kier alpha value is -4.24. The highest BCUT2D eigenvalue weighted by Gasteiger charge is 2.04. The second-order valence-electron chi connectivity index (χ2n) is 6.66. The Labute approximate surface area is 196 Å². The molecule has 33 heavy (non-hydrogen) atoms. The Bertz CT molecular complexity index is 1120. The highest BCUT2D eigenvalue weighted by Crippen LogP contribution is 2.16. The highest BCUT2D eigenvalue weighted by molar-refractivity contribution is 7.80. The summed E-state index contributed by atoms with van der Waals surface area (Å²) >= 11 is 5.15. The van der Waals surface area contributed by atoms with Crippen LogP contribution in [0.1, 0.15) is 5.56 Å². The molecular weight excluding hydrogens is 442 g/mol. The number of benzene rings is 3. The van der Waals surface area contributed by atoms with Gasteiger partial charge in [0.05, 0.1) is 4.92 Å². The van der Waals surface area contributed by atoms with Crippen LogP contribution in [-0.4, -0.2) is 29.2 Å². The van der Waals surface area contributed by atoms with Crippen LogP contribution < -0.4 is 20.1 Å². The standard InChI is InChI=1S/C24H21N3O5S/c28-23(15-8-18-6-11-20(12-7-18)27(29)30)26-24(33)25-19-9-13-22(14-10-19)32-17-16-31-21-4-2-1-3-5-21/h1-15H,16-17H2,(H2,25,26,28,33)/b15-8+. The lowest BCUT2D eigenvalue weighted by Gasteiger charge is -2.10. The number of para-hydroxylation sites is 1. The second-order valence-corrected chi connectivity index (χ2v) is 7.07. The molecule has 0 unspecified atom stereocenters. The molecule has 9 heteroatoms. The maximum atomic E-state index is 12.0. The molecule has 0 aliphatic rings. The van der Waals surface area contributed by atoms with E-state index in [4.69, 9.17) is 21.7 Å². The Balaban J connectivity index is 1.39.